The van der Waals surface area contributed by atoms with Gasteiger partial charge in [0.05, 0.1) is 5.69 Å². The molecule has 1 heterocycles. The number of likely N-dealkylation sites (tertiary alicyclic amines) is 1. The van der Waals surface area contributed by atoms with E-state index in [1.807, 2.05) is 46.6 Å². The molecule has 1 unspecified atom stereocenters. The van der Waals surface area contributed by atoms with Gasteiger partial charge in [-0.1, -0.05) is 0 Å². The molecule has 0 aliphatic carbocycles. The third-order valence-electron chi connectivity index (χ3n) is 5.40. The second kappa shape index (κ2) is 10.2. The van der Waals surface area contributed by atoms with Gasteiger partial charge in [-0.3, -0.25) is 0 Å². The second-order valence-electron chi connectivity index (χ2n) is 9.62. The van der Waals surface area contributed by atoms with Gasteiger partial charge in [0.2, 0.25) is 0 Å². The van der Waals surface area contributed by atoms with Crippen LogP contribution >= 0.6 is 0 Å². The third kappa shape index (κ3) is 7.29. The normalized spacial score (nSPS) is 16.8. The number of piperidine rings is 1. The Balaban J connectivity index is 1.94. The highest BCUT2D eigenvalue weighted by molar-refractivity contribution is 5.89. The van der Waals surface area contributed by atoms with Gasteiger partial charge in [0.1, 0.15) is 11.4 Å². The molecule has 31 heavy (non-hydrogen) atoms. The van der Waals surface area contributed by atoms with E-state index >= 15 is 0 Å². The van der Waals surface area contributed by atoms with Crippen LogP contribution in [-0.4, -0.2) is 67.3 Å². The molecule has 0 saturated carbocycles. The van der Waals surface area contributed by atoms with Crippen molar-refractivity contribution in [2.75, 3.05) is 43.9 Å². The molecule has 1 saturated heterocycles. The largest absolute Gasteiger partial charge is 0.444 e. The van der Waals surface area contributed by atoms with E-state index in [1.165, 1.54) is 6.07 Å². The van der Waals surface area contributed by atoms with E-state index in [2.05, 4.69) is 5.32 Å². The van der Waals surface area contributed by atoms with Crippen molar-refractivity contribution in [2.45, 2.75) is 59.1 Å². The summed E-state index contributed by atoms with van der Waals surface area (Å²) in [5, 5.41) is 2.80. The Morgan fingerprint density at radius 1 is 1.29 bits per heavy atom. The first-order chi connectivity index (χ1) is 14.4. The minimum Gasteiger partial charge on any atom is -0.444 e. The number of urea groups is 1. The molecule has 0 bridgehead atoms. The van der Waals surface area contributed by atoms with Crippen molar-refractivity contribution in [1.82, 2.24) is 9.80 Å². The SMILES string of the molecule is CC(C)N(C)c1ccc(NC(=O)N2CCCC(CN(C)C(=O)OC(C)(C)C)C2)cc1F. The van der Waals surface area contributed by atoms with Gasteiger partial charge in [-0.05, 0) is 71.6 Å². The van der Waals surface area contributed by atoms with E-state index in [-0.39, 0.29) is 29.9 Å². The highest BCUT2D eigenvalue weighted by Crippen LogP contribution is 2.24. The lowest BCUT2D eigenvalue weighted by Crippen LogP contribution is -2.46. The molecular formula is C23H37FN4O3. The Morgan fingerprint density at radius 2 is 1.97 bits per heavy atom. The maximum absolute atomic E-state index is 14.5. The van der Waals surface area contributed by atoms with Crippen molar-refractivity contribution in [1.29, 1.82) is 0 Å². The Labute approximate surface area is 185 Å². The average Bonchev–Trinajstić information content (AvgIpc) is 2.66. The van der Waals surface area contributed by atoms with E-state index in [9.17, 15) is 14.0 Å². The van der Waals surface area contributed by atoms with E-state index in [0.717, 1.165) is 12.8 Å². The predicted octanol–water partition coefficient (Wildman–Crippen LogP) is 4.78. The van der Waals surface area contributed by atoms with Crippen LogP contribution in [0, 0.1) is 11.7 Å². The second-order valence-corrected chi connectivity index (χ2v) is 9.62. The third-order valence-corrected chi connectivity index (χ3v) is 5.40. The number of hydrogen-bond donors (Lipinski definition) is 1. The van der Waals surface area contributed by atoms with Gasteiger partial charge in [0.25, 0.3) is 0 Å². The molecule has 7 nitrogen and oxygen atoms in total. The van der Waals surface area contributed by atoms with Crippen LogP contribution in [0.25, 0.3) is 0 Å². The van der Waals surface area contributed by atoms with Gasteiger partial charge in [-0.25, -0.2) is 14.0 Å². The summed E-state index contributed by atoms with van der Waals surface area (Å²) >= 11 is 0. The van der Waals surface area contributed by atoms with Gasteiger partial charge in [0, 0.05) is 45.5 Å². The number of halogens is 1. The van der Waals surface area contributed by atoms with Crippen molar-refractivity contribution in [3.8, 4) is 0 Å². The number of amides is 3. The van der Waals surface area contributed by atoms with Gasteiger partial charge in [0.15, 0.2) is 0 Å². The van der Waals surface area contributed by atoms with Crippen LogP contribution in [0.2, 0.25) is 0 Å². The maximum atomic E-state index is 14.5. The van der Waals surface area contributed by atoms with E-state index in [0.29, 0.717) is 31.0 Å². The lowest BCUT2D eigenvalue weighted by atomic mass is 9.98. The lowest BCUT2D eigenvalue weighted by Gasteiger charge is -2.35. The molecule has 1 fully saturated rings. The summed E-state index contributed by atoms with van der Waals surface area (Å²) < 4.78 is 19.9. The van der Waals surface area contributed by atoms with E-state index in [1.54, 1.807) is 29.0 Å². The van der Waals surface area contributed by atoms with Crippen LogP contribution in [0.4, 0.5) is 25.4 Å². The molecule has 1 aliphatic rings. The van der Waals surface area contributed by atoms with Crippen LogP contribution in [0.15, 0.2) is 18.2 Å². The van der Waals surface area contributed by atoms with Crippen molar-refractivity contribution < 1.29 is 18.7 Å². The summed E-state index contributed by atoms with van der Waals surface area (Å²) in [5.41, 5.74) is 0.381. The quantitative estimate of drug-likeness (QED) is 0.721. The lowest BCUT2D eigenvalue weighted by molar-refractivity contribution is 0.0253. The minimum atomic E-state index is -0.543. The smallest absolute Gasteiger partial charge is 0.410 e. The number of benzene rings is 1. The predicted molar refractivity (Wildman–Crippen MR) is 122 cm³/mol. The Hall–Kier alpha value is -2.51. The molecule has 1 atom stereocenters. The minimum absolute atomic E-state index is 0.163. The fraction of sp³-hybridized carbons (Fsp3) is 0.652. The molecule has 3 amide bonds. The standard InChI is InChI=1S/C23H37FN4O3/c1-16(2)27(7)20-11-10-18(13-19(20)24)25-21(29)28-12-8-9-17(15-28)14-26(6)22(30)31-23(3,4)5/h10-11,13,16-17H,8-9,12,14-15H2,1-7H3,(H,25,29). The van der Waals surface area contributed by atoms with Crippen molar-refractivity contribution in [3.63, 3.8) is 0 Å². The number of hydrogen-bond acceptors (Lipinski definition) is 4. The first-order valence-corrected chi connectivity index (χ1v) is 10.9. The van der Waals surface area contributed by atoms with E-state index < -0.39 is 5.60 Å². The summed E-state index contributed by atoms with van der Waals surface area (Å²) in [7, 11) is 3.55. The Kier molecular flexibility index (Phi) is 8.14. The highest BCUT2D eigenvalue weighted by Gasteiger charge is 2.27. The topological polar surface area (TPSA) is 65.1 Å². The fourth-order valence-electron chi connectivity index (χ4n) is 3.55. The van der Waals surface area contributed by atoms with Crippen LogP contribution in [0.3, 0.4) is 0 Å². The molecular weight excluding hydrogens is 399 g/mol. The zero-order chi connectivity index (χ0) is 23.3. The van der Waals surface area contributed by atoms with Gasteiger partial charge in [-0.15, -0.1) is 0 Å². The summed E-state index contributed by atoms with van der Waals surface area (Å²) in [4.78, 5) is 30.1. The molecule has 174 valence electrons. The molecule has 1 N–H and O–H groups in total. The highest BCUT2D eigenvalue weighted by atomic mass is 19.1. The maximum Gasteiger partial charge on any atom is 0.410 e. The van der Waals surface area contributed by atoms with Crippen LogP contribution in [0.5, 0.6) is 0 Å². The number of rotatable bonds is 5. The zero-order valence-electron chi connectivity index (χ0n) is 19.9. The number of ether oxygens (including phenoxy) is 1. The van der Waals surface area contributed by atoms with Crippen molar-refractivity contribution in [2.24, 2.45) is 5.92 Å². The number of nitrogens with one attached hydrogen (secondary N) is 1. The zero-order valence-corrected chi connectivity index (χ0v) is 19.9. The number of carbonyl (C=O) groups is 2. The first-order valence-electron chi connectivity index (χ1n) is 10.9. The molecule has 1 aliphatic heterocycles. The van der Waals surface area contributed by atoms with Crippen molar-refractivity contribution in [3.05, 3.63) is 24.0 Å². The van der Waals surface area contributed by atoms with Crippen molar-refractivity contribution >= 4 is 23.5 Å². The average molecular weight is 437 g/mol. The summed E-state index contributed by atoms with van der Waals surface area (Å²) in [5.74, 6) is -0.208. The summed E-state index contributed by atoms with van der Waals surface area (Å²) in [6.07, 6.45) is 1.42. The van der Waals surface area contributed by atoms with E-state index in [4.69, 9.17) is 4.74 Å². The molecule has 1 aromatic rings. The summed E-state index contributed by atoms with van der Waals surface area (Å²) in [6, 6.07) is 4.66. The number of carbonyl (C=O) groups excluding carboxylic acids is 2. The summed E-state index contributed by atoms with van der Waals surface area (Å²) in [6.45, 7) is 11.2. The van der Waals surface area contributed by atoms with Crippen LogP contribution in [0.1, 0.15) is 47.5 Å². The molecule has 0 radical (unpaired) electrons. The number of anilines is 2. The van der Waals surface area contributed by atoms with Gasteiger partial charge >= 0.3 is 12.1 Å². The fourth-order valence-corrected chi connectivity index (χ4v) is 3.55. The molecule has 1 aromatic carbocycles. The Bertz CT molecular complexity index is 779. The first kappa shape index (κ1) is 24.8. The molecule has 2 rings (SSSR count). The van der Waals surface area contributed by atoms with Gasteiger partial charge < -0.3 is 24.8 Å². The van der Waals surface area contributed by atoms with Crippen LogP contribution < -0.4 is 10.2 Å². The van der Waals surface area contributed by atoms with Gasteiger partial charge in [-0.2, -0.15) is 0 Å². The molecule has 0 aromatic heterocycles. The molecule has 0 spiro atoms. The monoisotopic (exact) mass is 436 g/mol. The number of nitrogens with zero attached hydrogens (tertiary/aromatic N) is 3. The van der Waals surface area contributed by atoms with Crippen LogP contribution in [-0.2, 0) is 4.74 Å². The molecule has 8 heteroatoms. The Morgan fingerprint density at radius 3 is 2.55 bits per heavy atom.